The molecule has 7 aromatic rings. The summed E-state index contributed by atoms with van der Waals surface area (Å²) in [5.74, 6) is -12.4. The van der Waals surface area contributed by atoms with Crippen molar-refractivity contribution in [3.8, 4) is 0 Å². The average molecular weight is 1840 g/mol. The van der Waals surface area contributed by atoms with Gasteiger partial charge in [-0.3, -0.25) is 166 Å². The number of fused-ring (bicyclic) bond motifs is 5. The van der Waals surface area contributed by atoms with Crippen LogP contribution < -0.4 is 64.2 Å². The van der Waals surface area contributed by atoms with Gasteiger partial charge in [0.25, 0.3) is 70.9 Å². The van der Waals surface area contributed by atoms with Crippen molar-refractivity contribution >= 4 is 159 Å². The number of rotatable bonds is 21. The van der Waals surface area contributed by atoms with Gasteiger partial charge < -0.3 is 42.1 Å². The van der Waals surface area contributed by atoms with Gasteiger partial charge in [0, 0.05) is 77.8 Å². The van der Waals surface area contributed by atoms with Crippen LogP contribution in [-0.4, -0.2) is 216 Å². The quantitative estimate of drug-likeness (QED) is 0.0442. The van der Waals surface area contributed by atoms with Crippen LogP contribution in [-0.2, 0) is 90.3 Å². The number of hydrogen-bond donors (Lipinski definition) is 12. The van der Waals surface area contributed by atoms with Crippen LogP contribution in [0.3, 0.4) is 0 Å². The third-order valence-corrected chi connectivity index (χ3v) is 23.4. The van der Waals surface area contributed by atoms with Crippen LogP contribution in [0.15, 0.2) is 131 Å². The number of carbonyl (C=O) groups is 25. The first-order valence-corrected chi connectivity index (χ1v) is 42.7. The van der Waals surface area contributed by atoms with E-state index in [1.165, 1.54) is 54.0 Å². The molecule has 0 saturated carbocycles. The third kappa shape index (κ3) is 19.9. The molecule has 0 spiro atoms. The molecular formula is C89H83N17O26S. The summed E-state index contributed by atoms with van der Waals surface area (Å²) >= 11 is 1.30. The third-order valence-electron chi connectivity index (χ3n) is 22.5. The molecule has 0 aliphatic carbocycles. The second-order valence-electron chi connectivity index (χ2n) is 31.0. The molecule has 10 aliphatic rings. The number of imide groups is 10. The number of nitrogens with two attached hydrogens (primary N) is 1. The fourth-order valence-corrected chi connectivity index (χ4v) is 16.8. The minimum Gasteiger partial charge on any atom is -0.459 e. The summed E-state index contributed by atoms with van der Waals surface area (Å²) < 4.78 is 5.02. The Bertz CT molecular complexity index is 5860. The number of furan rings is 1. The number of thiophene rings is 1. The van der Waals surface area contributed by atoms with Crippen molar-refractivity contribution in [1.82, 2.24) is 83.0 Å². The molecule has 17 rings (SSSR count). The van der Waals surface area contributed by atoms with Gasteiger partial charge in [-0.25, -0.2) is 4.79 Å². The Labute approximate surface area is 756 Å². The molecule has 5 saturated heterocycles. The minimum atomic E-state index is -1.03. The molecule has 26 amide bonds. The Morgan fingerprint density at radius 3 is 0.902 bits per heavy atom. The molecule has 133 heavy (non-hydrogen) atoms. The monoisotopic (exact) mass is 1840 g/mol. The highest BCUT2D eigenvalue weighted by atomic mass is 32.1. The number of piperidine rings is 5. The van der Waals surface area contributed by atoms with Gasteiger partial charge in [0.2, 0.25) is 70.9 Å². The van der Waals surface area contributed by atoms with Crippen molar-refractivity contribution in [2.45, 2.75) is 154 Å². The van der Waals surface area contributed by atoms with Crippen LogP contribution in [0.5, 0.6) is 0 Å². The van der Waals surface area contributed by atoms with E-state index in [2.05, 4.69) is 58.5 Å². The van der Waals surface area contributed by atoms with Gasteiger partial charge in [0.05, 0.1) is 73.3 Å². The van der Waals surface area contributed by atoms with Crippen molar-refractivity contribution in [2.75, 3.05) is 13.1 Å². The summed E-state index contributed by atoms with van der Waals surface area (Å²) in [4.78, 5) is 309. The van der Waals surface area contributed by atoms with E-state index >= 15 is 0 Å². The number of nitrogens with one attached hydrogen (secondary N) is 11. The molecule has 10 aliphatic heterocycles. The molecule has 5 aromatic carbocycles. The highest BCUT2D eigenvalue weighted by Gasteiger charge is 2.52. The normalized spacial score (nSPS) is 19.2. The summed E-state index contributed by atoms with van der Waals surface area (Å²) in [7, 11) is 0. The van der Waals surface area contributed by atoms with Gasteiger partial charge in [-0.15, -0.1) is 11.3 Å². The van der Waals surface area contributed by atoms with Gasteiger partial charge in [-0.1, -0.05) is 73.7 Å². The molecule has 13 N–H and O–H groups in total. The molecule has 5 fully saturated rings. The molecule has 43 nitrogen and oxygen atoms in total. The molecular weight excluding hydrogens is 1760 g/mol. The molecule has 12 heterocycles. The van der Waals surface area contributed by atoms with Crippen molar-refractivity contribution in [3.63, 3.8) is 0 Å². The zero-order chi connectivity index (χ0) is 95.5. The maximum atomic E-state index is 13.0. The molecule has 0 bridgehead atoms. The van der Waals surface area contributed by atoms with E-state index in [9.17, 15) is 120 Å². The van der Waals surface area contributed by atoms with E-state index in [1.54, 1.807) is 91.2 Å². The summed E-state index contributed by atoms with van der Waals surface area (Å²) in [5, 5.41) is 28.4. The maximum Gasteiger partial charge on any atom is 0.315 e. The van der Waals surface area contributed by atoms with Crippen LogP contribution in [0.25, 0.3) is 0 Å². The standard InChI is InChI=1S/C19H15N3O6.C19H15N3O5S.C18H19N3O5.C17H18N4O5.C16H16N4O5/c2*23-14-7-6-12(16(24)21-14)22-18(26)11-4-1-3-10(15(11)19(22)27)9-20-17(25)13-5-2-8-28-13;1-2-4-13(22)19-9-10-5-3-6-11-15(10)18(26)21(17(11)25)12-7-8-14(23)20-16(12)24;1-2-18-17(26)19-8-9-4-3-5-10-13(9)16(25)21(15(10)24)11-6-7-12(22)20-14(11)23;17-6-12(22)18-7-8-2-1-3-9-13(8)16(25)20(15(9)24)10-4-5-11(21)19-14(10)23/h2*1-5,8,12H,6-7,9H2,(H,20,25)(H,21,23,24);3,5-6,12H,2,4,7-9H2,1H3,(H,19,22)(H,20,23,24);3-5,11H,2,6-8H2,1H3,(H2,18,19,26)(H,20,22,23);1-3,10H,4-7,17H2,(H,18,22)(H,19,21,23). The topological polar surface area (TPSA) is 614 Å². The largest absolute Gasteiger partial charge is 0.459 e. The van der Waals surface area contributed by atoms with Crippen LogP contribution in [0.1, 0.15) is 243 Å². The van der Waals surface area contributed by atoms with E-state index in [0.717, 1.165) is 24.5 Å². The zero-order valence-electron chi connectivity index (χ0n) is 70.8. The van der Waals surface area contributed by atoms with E-state index in [-0.39, 0.29) is 183 Å². The van der Waals surface area contributed by atoms with E-state index in [1.807, 2.05) is 6.92 Å². The predicted octanol–water partition coefficient (Wildman–Crippen LogP) is 0.764. The lowest BCUT2D eigenvalue weighted by Crippen LogP contribution is -2.54. The molecule has 5 unspecified atom stereocenters. The number of benzene rings is 5. The van der Waals surface area contributed by atoms with Crippen molar-refractivity contribution in [1.29, 1.82) is 0 Å². The number of hydrogen-bond acceptors (Lipinski definition) is 28. The number of nitrogens with zero attached hydrogens (tertiary/aromatic N) is 5. The second-order valence-corrected chi connectivity index (χ2v) is 31.9. The lowest BCUT2D eigenvalue weighted by Gasteiger charge is -2.27. The molecule has 5 atom stereocenters. The smallest absolute Gasteiger partial charge is 0.315 e. The first-order chi connectivity index (χ1) is 63.7. The van der Waals surface area contributed by atoms with Gasteiger partial charge in [-0.05, 0) is 127 Å². The zero-order valence-corrected chi connectivity index (χ0v) is 71.6. The Balaban J connectivity index is 0.000000141. The van der Waals surface area contributed by atoms with Gasteiger partial charge in [0.1, 0.15) is 30.2 Å². The molecule has 0 radical (unpaired) electrons. The first-order valence-electron chi connectivity index (χ1n) is 41.8. The lowest BCUT2D eigenvalue weighted by molar-refractivity contribution is -0.137. The Hall–Kier alpha value is -16.4. The molecule has 2 aromatic heterocycles. The van der Waals surface area contributed by atoms with Gasteiger partial charge in [0.15, 0.2) is 5.76 Å². The highest BCUT2D eigenvalue weighted by Crippen LogP contribution is 2.37. The highest BCUT2D eigenvalue weighted by molar-refractivity contribution is 7.12. The van der Waals surface area contributed by atoms with Gasteiger partial charge in [-0.2, -0.15) is 0 Å². The lowest BCUT2D eigenvalue weighted by atomic mass is 10.0. The van der Waals surface area contributed by atoms with Crippen LogP contribution >= 0.6 is 11.3 Å². The Morgan fingerprint density at radius 1 is 0.346 bits per heavy atom. The van der Waals surface area contributed by atoms with E-state index < -0.39 is 160 Å². The summed E-state index contributed by atoms with van der Waals surface area (Å²) in [6, 6.07) is 24.9. The summed E-state index contributed by atoms with van der Waals surface area (Å²) in [6.45, 7) is 4.25. The number of carbonyl (C=O) groups excluding carboxylic acids is 25. The van der Waals surface area contributed by atoms with Crippen LogP contribution in [0, 0.1) is 0 Å². The van der Waals surface area contributed by atoms with E-state index in [0.29, 0.717) is 52.1 Å². The summed E-state index contributed by atoms with van der Waals surface area (Å²) in [5.41, 5.74) is 9.47. The van der Waals surface area contributed by atoms with Crippen molar-refractivity contribution < 1.29 is 124 Å². The van der Waals surface area contributed by atoms with Crippen LogP contribution in [0.2, 0.25) is 0 Å². The van der Waals surface area contributed by atoms with Crippen LogP contribution in [0.4, 0.5) is 4.79 Å². The van der Waals surface area contributed by atoms with Crippen molar-refractivity contribution in [2.24, 2.45) is 5.73 Å². The fourth-order valence-electron chi connectivity index (χ4n) is 16.2. The Kier molecular flexibility index (Phi) is 29.0. The molecule has 44 heteroatoms. The Morgan fingerprint density at radius 2 is 0.639 bits per heavy atom. The fraction of sp³-hybridized carbons (Fsp3) is 0.292. The van der Waals surface area contributed by atoms with Gasteiger partial charge >= 0.3 is 6.03 Å². The SMILES string of the molecule is CCCC(=O)NCc1cccc2c1C(=O)N(C1CCC(=O)NC1=O)C2=O.CCNC(=O)NCc1cccc2c1C(=O)N(C1CCC(=O)NC1=O)C2=O.NCC(=O)NCc1cccc2c1C(=O)N(C1CCC(=O)NC1=O)C2=O.O=C1CCC(N2C(=O)c3cccc(CNC(=O)c4ccco4)c3C2=O)C(=O)N1.O=C1CCC(N2C(=O)c3cccc(CNC(=O)c4cccs4)c3C2=O)C(=O)N1. The van der Waals surface area contributed by atoms with E-state index in [4.69, 9.17) is 10.2 Å². The second kappa shape index (κ2) is 40.9. The average Bonchev–Trinajstić information content (AvgIpc) is 1.63. The predicted molar refractivity (Wildman–Crippen MR) is 455 cm³/mol. The maximum absolute atomic E-state index is 13.0. The van der Waals surface area contributed by atoms with Crippen molar-refractivity contribution in [3.05, 3.63) is 221 Å². The molecule has 686 valence electrons. The first kappa shape index (κ1) is 94.2. The number of amides is 26. The number of urea groups is 1. The minimum absolute atomic E-state index is 0.00488. The summed E-state index contributed by atoms with van der Waals surface area (Å²) in [6.07, 6.45) is 3.25.